The third-order valence-corrected chi connectivity index (χ3v) is 5.53. The highest BCUT2D eigenvalue weighted by atomic mass is 32.1. The van der Waals surface area contributed by atoms with E-state index in [-0.39, 0.29) is 0 Å². The summed E-state index contributed by atoms with van der Waals surface area (Å²) >= 11 is 7.47. The summed E-state index contributed by atoms with van der Waals surface area (Å²) in [5, 5.41) is 6.92. The maximum absolute atomic E-state index is 5.79. The normalized spacial score (nSPS) is 11.2. The lowest BCUT2D eigenvalue weighted by Crippen LogP contribution is -2.22. The standard InChI is InChI=1S/C21H20N4S2/c1-23(15-17-9-4-2-5-10-17)16-24-21(26)25(18-11-6-3-7-12-18)20(22-24)19-13-8-14-27-19/h2-14H,15-16H2,1H3. The fraction of sp³-hybridized carbons (Fsp3) is 0.143. The molecule has 4 rings (SSSR count). The molecule has 0 spiro atoms. The molecule has 0 aliphatic carbocycles. The molecule has 2 aromatic heterocycles. The van der Waals surface area contributed by atoms with Crippen LogP contribution in [0, 0.1) is 4.77 Å². The fourth-order valence-electron chi connectivity index (χ4n) is 3.05. The Morgan fingerprint density at radius 3 is 2.33 bits per heavy atom. The second kappa shape index (κ2) is 8.00. The van der Waals surface area contributed by atoms with Crippen LogP contribution in [0.5, 0.6) is 0 Å². The summed E-state index contributed by atoms with van der Waals surface area (Å²) in [4.78, 5) is 3.32. The third-order valence-electron chi connectivity index (χ3n) is 4.27. The van der Waals surface area contributed by atoms with Gasteiger partial charge in [0.15, 0.2) is 5.82 Å². The Kier molecular flexibility index (Phi) is 5.29. The molecule has 2 aromatic carbocycles. The molecule has 0 atom stereocenters. The first-order valence-corrected chi connectivity index (χ1v) is 10.0. The van der Waals surface area contributed by atoms with E-state index in [0.717, 1.165) is 22.9 Å². The van der Waals surface area contributed by atoms with E-state index >= 15 is 0 Å². The van der Waals surface area contributed by atoms with Gasteiger partial charge in [0.05, 0.1) is 11.5 Å². The van der Waals surface area contributed by atoms with Crippen molar-refractivity contribution in [3.63, 3.8) is 0 Å². The molecule has 4 nitrogen and oxygen atoms in total. The van der Waals surface area contributed by atoms with Crippen LogP contribution in [0.3, 0.4) is 0 Å². The summed E-state index contributed by atoms with van der Waals surface area (Å²) < 4.78 is 4.65. The van der Waals surface area contributed by atoms with Gasteiger partial charge in [-0.15, -0.1) is 16.4 Å². The van der Waals surface area contributed by atoms with Crippen LogP contribution < -0.4 is 0 Å². The Morgan fingerprint density at radius 1 is 0.963 bits per heavy atom. The van der Waals surface area contributed by atoms with E-state index in [1.165, 1.54) is 5.56 Å². The molecule has 4 aromatic rings. The summed E-state index contributed by atoms with van der Waals surface area (Å²) in [6.45, 7) is 1.47. The van der Waals surface area contributed by atoms with Crippen molar-refractivity contribution < 1.29 is 0 Å². The van der Waals surface area contributed by atoms with E-state index in [1.807, 2.05) is 35.0 Å². The van der Waals surface area contributed by atoms with Crippen LogP contribution in [-0.2, 0) is 13.2 Å². The highest BCUT2D eigenvalue weighted by Gasteiger charge is 2.16. The number of nitrogens with zero attached hydrogens (tertiary/aromatic N) is 4. The smallest absolute Gasteiger partial charge is 0.204 e. The quantitative estimate of drug-likeness (QED) is 0.421. The monoisotopic (exact) mass is 392 g/mol. The summed E-state index contributed by atoms with van der Waals surface area (Å²) in [5.41, 5.74) is 2.30. The molecular weight excluding hydrogens is 372 g/mol. The first-order valence-electron chi connectivity index (χ1n) is 8.74. The average Bonchev–Trinajstić information content (AvgIpc) is 3.32. The number of rotatable bonds is 6. The van der Waals surface area contributed by atoms with Gasteiger partial charge in [-0.1, -0.05) is 54.6 Å². The molecule has 0 bridgehead atoms. The van der Waals surface area contributed by atoms with Crippen molar-refractivity contribution in [1.82, 2.24) is 19.2 Å². The van der Waals surface area contributed by atoms with Gasteiger partial charge in [0.1, 0.15) is 0 Å². The molecule has 0 aliphatic heterocycles. The number of aromatic nitrogens is 3. The molecule has 6 heteroatoms. The van der Waals surface area contributed by atoms with Crippen LogP contribution in [-0.4, -0.2) is 26.3 Å². The van der Waals surface area contributed by atoms with Crippen molar-refractivity contribution in [2.75, 3.05) is 7.05 Å². The average molecular weight is 393 g/mol. The van der Waals surface area contributed by atoms with Gasteiger partial charge in [0, 0.05) is 12.2 Å². The van der Waals surface area contributed by atoms with Gasteiger partial charge in [0.2, 0.25) is 4.77 Å². The molecular formula is C21H20N4S2. The van der Waals surface area contributed by atoms with E-state index in [2.05, 4.69) is 64.4 Å². The van der Waals surface area contributed by atoms with Gasteiger partial charge in [-0.2, -0.15) is 0 Å². The van der Waals surface area contributed by atoms with Gasteiger partial charge in [-0.05, 0) is 48.4 Å². The molecule has 0 saturated heterocycles. The number of hydrogen-bond donors (Lipinski definition) is 0. The molecule has 0 saturated carbocycles. The lowest BCUT2D eigenvalue weighted by molar-refractivity contribution is 0.244. The van der Waals surface area contributed by atoms with E-state index < -0.39 is 0 Å². The summed E-state index contributed by atoms with van der Waals surface area (Å²) in [7, 11) is 2.08. The first-order chi connectivity index (χ1) is 13.2. The van der Waals surface area contributed by atoms with Crippen LogP contribution in [0.4, 0.5) is 0 Å². The van der Waals surface area contributed by atoms with Gasteiger partial charge in [-0.25, -0.2) is 4.68 Å². The number of thiophene rings is 1. The molecule has 0 aliphatic rings. The number of hydrogen-bond acceptors (Lipinski definition) is 4. The van der Waals surface area contributed by atoms with Crippen LogP contribution >= 0.6 is 23.6 Å². The second-order valence-electron chi connectivity index (χ2n) is 6.40. The highest BCUT2D eigenvalue weighted by molar-refractivity contribution is 7.71. The van der Waals surface area contributed by atoms with Crippen molar-refractivity contribution in [1.29, 1.82) is 0 Å². The van der Waals surface area contributed by atoms with Crippen molar-refractivity contribution in [3.8, 4) is 16.4 Å². The zero-order valence-electron chi connectivity index (χ0n) is 15.0. The zero-order chi connectivity index (χ0) is 18.6. The van der Waals surface area contributed by atoms with Crippen molar-refractivity contribution in [2.24, 2.45) is 0 Å². The summed E-state index contributed by atoms with van der Waals surface area (Å²) in [6.07, 6.45) is 0. The van der Waals surface area contributed by atoms with Crippen LogP contribution in [0.15, 0.2) is 78.2 Å². The Labute approximate surface area is 167 Å². The maximum atomic E-state index is 5.79. The predicted molar refractivity (Wildman–Crippen MR) is 114 cm³/mol. The largest absolute Gasteiger partial charge is 0.283 e. The minimum absolute atomic E-state index is 0.631. The van der Waals surface area contributed by atoms with E-state index in [9.17, 15) is 0 Å². The van der Waals surface area contributed by atoms with Gasteiger partial charge < -0.3 is 0 Å². The molecule has 27 heavy (non-hydrogen) atoms. The van der Waals surface area contributed by atoms with Gasteiger partial charge in [-0.3, -0.25) is 9.47 Å². The van der Waals surface area contributed by atoms with Crippen molar-refractivity contribution in [3.05, 3.63) is 88.5 Å². The fourth-order valence-corrected chi connectivity index (χ4v) is 4.04. The maximum Gasteiger partial charge on any atom is 0.204 e. The molecule has 2 heterocycles. The lowest BCUT2D eigenvalue weighted by atomic mass is 10.2. The van der Waals surface area contributed by atoms with Crippen LogP contribution in [0.2, 0.25) is 0 Å². The summed E-state index contributed by atoms with van der Waals surface area (Å²) in [5.74, 6) is 0.884. The van der Waals surface area contributed by atoms with Crippen molar-refractivity contribution >= 4 is 23.6 Å². The third kappa shape index (κ3) is 3.93. The van der Waals surface area contributed by atoms with Crippen molar-refractivity contribution in [2.45, 2.75) is 13.2 Å². The molecule has 0 amide bonds. The Morgan fingerprint density at radius 2 is 1.67 bits per heavy atom. The predicted octanol–water partition coefficient (Wildman–Crippen LogP) is 5.22. The Balaban J connectivity index is 1.69. The SMILES string of the molecule is CN(Cc1ccccc1)Cn1nc(-c2cccs2)n(-c2ccccc2)c1=S. The van der Waals surface area contributed by atoms with E-state index in [4.69, 9.17) is 17.3 Å². The zero-order valence-corrected chi connectivity index (χ0v) is 16.7. The Hall–Kier alpha value is -2.54. The minimum atomic E-state index is 0.631. The Bertz CT molecular complexity index is 1050. The minimum Gasteiger partial charge on any atom is -0.283 e. The molecule has 0 N–H and O–H groups in total. The van der Waals surface area contributed by atoms with Gasteiger partial charge >= 0.3 is 0 Å². The molecule has 0 unspecified atom stereocenters. The molecule has 0 fully saturated rings. The topological polar surface area (TPSA) is 26.0 Å². The second-order valence-corrected chi connectivity index (χ2v) is 7.71. The van der Waals surface area contributed by atoms with E-state index in [0.29, 0.717) is 11.4 Å². The van der Waals surface area contributed by atoms with Gasteiger partial charge in [0.25, 0.3) is 0 Å². The number of para-hydroxylation sites is 1. The summed E-state index contributed by atoms with van der Waals surface area (Å²) in [6, 6.07) is 24.7. The van der Waals surface area contributed by atoms with Crippen LogP contribution in [0.25, 0.3) is 16.4 Å². The first kappa shape index (κ1) is 17.9. The highest BCUT2D eigenvalue weighted by Crippen LogP contribution is 2.26. The number of benzene rings is 2. The molecule has 0 radical (unpaired) electrons. The molecule has 136 valence electrons. The van der Waals surface area contributed by atoms with E-state index in [1.54, 1.807) is 11.3 Å². The van der Waals surface area contributed by atoms with Crippen LogP contribution in [0.1, 0.15) is 5.56 Å². The lowest BCUT2D eigenvalue weighted by Gasteiger charge is -2.16.